The lowest BCUT2D eigenvalue weighted by Crippen LogP contribution is -2.33. The molecule has 1 rings (SSSR count). The normalized spacial score (nSPS) is 19.4. The van der Waals surface area contributed by atoms with Gasteiger partial charge in [-0.2, -0.15) is 5.26 Å². The molecule has 0 aromatic rings. The number of ether oxygens (including phenoxy) is 1. The molecule has 1 aliphatic rings. The van der Waals surface area contributed by atoms with Gasteiger partial charge >= 0.3 is 0 Å². The Morgan fingerprint density at radius 1 is 1.72 bits per heavy atom. The van der Waals surface area contributed by atoms with Crippen molar-refractivity contribution < 1.29 is 14.6 Å². The van der Waals surface area contributed by atoms with Crippen molar-refractivity contribution in [2.45, 2.75) is 18.9 Å². The smallest absolute Gasteiger partial charge is 0.263 e. The number of rotatable bonds is 6. The standard InChI is InChI=1S/C12H19N3O3/c1-15(4-5-16)9-10(7-13)12(17)14-8-11-3-2-6-18-11/h9,11,16H,2-6,8H2,1H3,(H,14,17)/b10-9-. The van der Waals surface area contributed by atoms with Crippen LogP contribution in [0.15, 0.2) is 11.8 Å². The maximum atomic E-state index is 11.7. The number of aliphatic hydroxyl groups is 1. The summed E-state index contributed by atoms with van der Waals surface area (Å²) < 4.78 is 5.38. The number of aliphatic hydroxyl groups excluding tert-OH is 1. The summed E-state index contributed by atoms with van der Waals surface area (Å²) in [5, 5.41) is 20.3. The van der Waals surface area contributed by atoms with Gasteiger partial charge in [-0.05, 0) is 12.8 Å². The van der Waals surface area contributed by atoms with Gasteiger partial charge in [0.1, 0.15) is 11.6 Å². The molecule has 1 saturated heterocycles. The topological polar surface area (TPSA) is 85.6 Å². The maximum absolute atomic E-state index is 11.7. The summed E-state index contributed by atoms with van der Waals surface area (Å²) in [5.74, 6) is -0.405. The minimum atomic E-state index is -0.405. The Kier molecular flexibility index (Phi) is 6.19. The van der Waals surface area contributed by atoms with E-state index in [4.69, 9.17) is 15.1 Å². The van der Waals surface area contributed by atoms with Crippen LogP contribution in [0.3, 0.4) is 0 Å². The Bertz CT molecular complexity index is 343. The van der Waals surface area contributed by atoms with Gasteiger partial charge in [0.25, 0.3) is 5.91 Å². The predicted molar refractivity (Wildman–Crippen MR) is 65.4 cm³/mol. The molecule has 0 spiro atoms. The van der Waals surface area contributed by atoms with Crippen LogP contribution in [0.2, 0.25) is 0 Å². The lowest BCUT2D eigenvalue weighted by Gasteiger charge is -2.13. The third kappa shape index (κ3) is 4.73. The van der Waals surface area contributed by atoms with Crippen LogP contribution in [0, 0.1) is 11.3 Å². The Morgan fingerprint density at radius 2 is 2.50 bits per heavy atom. The SMILES string of the molecule is CN(/C=C(/C#N)C(=O)NCC1CCCO1)CCO. The van der Waals surface area contributed by atoms with E-state index in [1.165, 1.54) is 6.20 Å². The minimum Gasteiger partial charge on any atom is -0.395 e. The zero-order valence-electron chi connectivity index (χ0n) is 10.6. The molecule has 6 nitrogen and oxygen atoms in total. The maximum Gasteiger partial charge on any atom is 0.263 e. The minimum absolute atomic E-state index is 0.0246. The summed E-state index contributed by atoms with van der Waals surface area (Å²) in [5.41, 5.74) is 0.0314. The largest absolute Gasteiger partial charge is 0.395 e. The number of carbonyl (C=O) groups is 1. The zero-order valence-corrected chi connectivity index (χ0v) is 10.6. The fourth-order valence-corrected chi connectivity index (χ4v) is 1.69. The van der Waals surface area contributed by atoms with Crippen LogP contribution in [0.5, 0.6) is 0 Å². The molecule has 6 heteroatoms. The van der Waals surface area contributed by atoms with E-state index in [0.29, 0.717) is 13.1 Å². The molecular weight excluding hydrogens is 234 g/mol. The Hall–Kier alpha value is -1.58. The van der Waals surface area contributed by atoms with Gasteiger partial charge in [0.2, 0.25) is 0 Å². The Balaban J connectivity index is 2.43. The van der Waals surface area contributed by atoms with Crippen LogP contribution in [0.1, 0.15) is 12.8 Å². The number of hydrogen-bond donors (Lipinski definition) is 2. The monoisotopic (exact) mass is 253 g/mol. The average Bonchev–Trinajstić information content (AvgIpc) is 2.86. The van der Waals surface area contributed by atoms with Gasteiger partial charge in [-0.3, -0.25) is 4.79 Å². The molecule has 1 atom stereocenters. The summed E-state index contributed by atoms with van der Waals surface area (Å²) >= 11 is 0. The molecule has 0 bridgehead atoms. The molecule has 1 aliphatic heterocycles. The second kappa shape index (κ2) is 7.69. The molecule has 0 radical (unpaired) electrons. The first-order valence-corrected chi connectivity index (χ1v) is 6.00. The molecule has 2 N–H and O–H groups in total. The van der Waals surface area contributed by atoms with Gasteiger partial charge in [0.15, 0.2) is 0 Å². The van der Waals surface area contributed by atoms with Gasteiger partial charge < -0.3 is 20.1 Å². The number of nitrogens with one attached hydrogen (secondary N) is 1. The number of amides is 1. The number of hydrogen-bond acceptors (Lipinski definition) is 5. The number of likely N-dealkylation sites (N-methyl/N-ethyl adjacent to an activating group) is 1. The van der Waals surface area contributed by atoms with Crippen molar-refractivity contribution in [2.75, 3.05) is 33.4 Å². The molecule has 18 heavy (non-hydrogen) atoms. The van der Waals surface area contributed by atoms with E-state index in [2.05, 4.69) is 5.32 Å². The highest BCUT2D eigenvalue weighted by molar-refractivity contribution is 5.97. The molecular formula is C12H19N3O3. The van der Waals surface area contributed by atoms with Gasteiger partial charge in [-0.25, -0.2) is 0 Å². The Morgan fingerprint density at radius 3 is 3.06 bits per heavy atom. The summed E-state index contributed by atoms with van der Waals surface area (Å²) in [6.45, 7) is 1.52. The van der Waals surface area contributed by atoms with Crippen LogP contribution in [0.25, 0.3) is 0 Å². The fraction of sp³-hybridized carbons (Fsp3) is 0.667. The van der Waals surface area contributed by atoms with Crippen LogP contribution in [-0.4, -0.2) is 55.4 Å². The van der Waals surface area contributed by atoms with E-state index in [-0.39, 0.29) is 18.3 Å². The van der Waals surface area contributed by atoms with Crippen molar-refractivity contribution in [3.63, 3.8) is 0 Å². The zero-order chi connectivity index (χ0) is 13.4. The van der Waals surface area contributed by atoms with Crippen molar-refractivity contribution in [1.82, 2.24) is 10.2 Å². The molecule has 1 fully saturated rings. The van der Waals surface area contributed by atoms with Crippen LogP contribution < -0.4 is 5.32 Å². The third-order valence-corrected chi connectivity index (χ3v) is 2.68. The van der Waals surface area contributed by atoms with Crippen LogP contribution >= 0.6 is 0 Å². The lowest BCUT2D eigenvalue weighted by molar-refractivity contribution is -0.117. The molecule has 0 saturated carbocycles. The first-order valence-electron chi connectivity index (χ1n) is 6.00. The average molecular weight is 253 g/mol. The fourth-order valence-electron chi connectivity index (χ4n) is 1.69. The van der Waals surface area contributed by atoms with Gasteiger partial charge in [0, 0.05) is 32.9 Å². The molecule has 1 unspecified atom stereocenters. The van der Waals surface area contributed by atoms with E-state index < -0.39 is 5.91 Å². The highest BCUT2D eigenvalue weighted by Crippen LogP contribution is 2.10. The van der Waals surface area contributed by atoms with E-state index in [9.17, 15) is 4.79 Å². The van der Waals surface area contributed by atoms with E-state index in [1.807, 2.05) is 6.07 Å². The molecule has 0 aromatic carbocycles. The van der Waals surface area contributed by atoms with Crippen molar-refractivity contribution >= 4 is 5.91 Å². The first kappa shape index (κ1) is 14.5. The van der Waals surface area contributed by atoms with Crippen molar-refractivity contribution in [1.29, 1.82) is 5.26 Å². The van der Waals surface area contributed by atoms with Crippen LogP contribution in [0.4, 0.5) is 0 Å². The second-order valence-electron chi connectivity index (χ2n) is 4.20. The third-order valence-electron chi connectivity index (χ3n) is 2.68. The summed E-state index contributed by atoms with van der Waals surface area (Å²) in [4.78, 5) is 13.3. The number of nitriles is 1. The molecule has 0 aromatic heterocycles. The van der Waals surface area contributed by atoms with Gasteiger partial charge in [-0.15, -0.1) is 0 Å². The highest BCUT2D eigenvalue weighted by Gasteiger charge is 2.17. The van der Waals surface area contributed by atoms with E-state index >= 15 is 0 Å². The summed E-state index contributed by atoms with van der Waals surface area (Å²) in [6, 6.07) is 1.85. The van der Waals surface area contributed by atoms with Gasteiger partial charge in [0.05, 0.1) is 12.7 Å². The van der Waals surface area contributed by atoms with Crippen molar-refractivity contribution in [3.05, 3.63) is 11.8 Å². The molecule has 1 heterocycles. The highest BCUT2D eigenvalue weighted by atomic mass is 16.5. The molecule has 0 aliphatic carbocycles. The lowest BCUT2D eigenvalue weighted by atomic mass is 10.2. The predicted octanol–water partition coefficient (Wildman–Crippen LogP) is -0.387. The molecule has 100 valence electrons. The quantitative estimate of drug-likeness (QED) is 0.497. The first-order chi connectivity index (χ1) is 8.67. The second-order valence-corrected chi connectivity index (χ2v) is 4.20. The van der Waals surface area contributed by atoms with Crippen molar-refractivity contribution in [3.8, 4) is 6.07 Å². The van der Waals surface area contributed by atoms with Crippen molar-refractivity contribution in [2.24, 2.45) is 0 Å². The van der Waals surface area contributed by atoms with E-state index in [1.54, 1.807) is 11.9 Å². The van der Waals surface area contributed by atoms with Gasteiger partial charge in [-0.1, -0.05) is 0 Å². The molecule has 1 amide bonds. The number of nitrogens with zero attached hydrogens (tertiary/aromatic N) is 2. The number of carbonyl (C=O) groups excluding carboxylic acids is 1. The summed E-state index contributed by atoms with van der Waals surface area (Å²) in [6.07, 6.45) is 3.45. The summed E-state index contributed by atoms with van der Waals surface area (Å²) in [7, 11) is 1.70. The Labute approximate surface area is 107 Å². The van der Waals surface area contributed by atoms with Crippen LogP contribution in [-0.2, 0) is 9.53 Å². The van der Waals surface area contributed by atoms with E-state index in [0.717, 1.165) is 19.4 Å².